The number of carbonyl (C=O) groups is 1. The molecule has 0 atom stereocenters. The molecule has 0 N–H and O–H groups in total. The first kappa shape index (κ1) is 12.2. The first-order valence-corrected chi connectivity index (χ1v) is 6.57. The maximum absolute atomic E-state index is 10.9. The van der Waals surface area contributed by atoms with Gasteiger partial charge in [-0.05, 0) is 23.8 Å². The molecule has 2 rings (SSSR count). The Balaban J connectivity index is 2.09. The van der Waals surface area contributed by atoms with E-state index >= 15 is 0 Å². The highest BCUT2D eigenvalue weighted by Gasteiger charge is 2.02. The number of aldehydes is 1. The van der Waals surface area contributed by atoms with Gasteiger partial charge in [0.1, 0.15) is 0 Å². The first-order valence-electron chi connectivity index (χ1n) is 5.21. The van der Waals surface area contributed by atoms with E-state index in [1.807, 2.05) is 48.5 Å². The van der Waals surface area contributed by atoms with Crippen LogP contribution in [-0.4, -0.2) is 6.29 Å². The molecule has 0 aliphatic heterocycles. The van der Waals surface area contributed by atoms with Gasteiger partial charge in [0.05, 0.1) is 0 Å². The van der Waals surface area contributed by atoms with Gasteiger partial charge in [-0.15, -0.1) is 11.8 Å². The Kier molecular flexibility index (Phi) is 4.24. The smallest absolute Gasteiger partial charge is 0.151 e. The van der Waals surface area contributed by atoms with Crippen LogP contribution in [0.25, 0.3) is 0 Å². The van der Waals surface area contributed by atoms with Gasteiger partial charge in [0, 0.05) is 21.2 Å². The molecule has 1 nitrogen and oxygen atoms in total. The average Bonchev–Trinajstić information content (AvgIpc) is 2.37. The minimum absolute atomic E-state index is 0.736. The molecular formula is C14H11ClOS. The van der Waals surface area contributed by atoms with Crippen molar-refractivity contribution in [3.05, 3.63) is 64.7 Å². The summed E-state index contributed by atoms with van der Waals surface area (Å²) in [6.07, 6.45) is 0.889. The molecule has 0 amide bonds. The second kappa shape index (κ2) is 5.89. The highest BCUT2D eigenvalue weighted by molar-refractivity contribution is 7.98. The quantitative estimate of drug-likeness (QED) is 0.598. The van der Waals surface area contributed by atoms with E-state index in [4.69, 9.17) is 11.6 Å². The molecule has 0 unspecified atom stereocenters. The number of hydrogen-bond donors (Lipinski definition) is 0. The molecule has 2 aromatic carbocycles. The molecule has 3 heteroatoms. The summed E-state index contributed by atoms with van der Waals surface area (Å²) in [5.41, 5.74) is 1.89. The molecule has 0 bridgehead atoms. The largest absolute Gasteiger partial charge is 0.298 e. The van der Waals surface area contributed by atoms with Crippen LogP contribution in [0.5, 0.6) is 0 Å². The molecule has 0 heterocycles. The summed E-state index contributed by atoms with van der Waals surface area (Å²) >= 11 is 7.56. The maximum Gasteiger partial charge on any atom is 0.151 e. The van der Waals surface area contributed by atoms with Crippen LogP contribution in [0.4, 0.5) is 0 Å². The SMILES string of the molecule is O=Cc1ccccc1SCc1cccc(Cl)c1. The molecular weight excluding hydrogens is 252 g/mol. The van der Waals surface area contributed by atoms with Crippen LogP contribution in [0.2, 0.25) is 5.02 Å². The minimum Gasteiger partial charge on any atom is -0.298 e. The zero-order chi connectivity index (χ0) is 12.1. The van der Waals surface area contributed by atoms with Gasteiger partial charge < -0.3 is 0 Å². The second-order valence-corrected chi connectivity index (χ2v) is 5.03. The van der Waals surface area contributed by atoms with Crippen molar-refractivity contribution in [3.63, 3.8) is 0 Å². The zero-order valence-electron chi connectivity index (χ0n) is 9.10. The van der Waals surface area contributed by atoms with Crippen molar-refractivity contribution < 1.29 is 4.79 Å². The summed E-state index contributed by atoms with van der Waals surface area (Å²) in [4.78, 5) is 11.9. The van der Waals surface area contributed by atoms with E-state index < -0.39 is 0 Å². The van der Waals surface area contributed by atoms with Crippen LogP contribution >= 0.6 is 23.4 Å². The number of thioether (sulfide) groups is 1. The van der Waals surface area contributed by atoms with E-state index in [1.54, 1.807) is 11.8 Å². The summed E-state index contributed by atoms with van der Waals surface area (Å²) < 4.78 is 0. The monoisotopic (exact) mass is 262 g/mol. The van der Waals surface area contributed by atoms with Crippen LogP contribution in [0, 0.1) is 0 Å². The summed E-state index contributed by atoms with van der Waals surface area (Å²) in [5, 5.41) is 0.742. The minimum atomic E-state index is 0.736. The highest BCUT2D eigenvalue weighted by atomic mass is 35.5. The van der Waals surface area contributed by atoms with Gasteiger partial charge in [0.15, 0.2) is 6.29 Å². The lowest BCUT2D eigenvalue weighted by atomic mass is 10.2. The Morgan fingerprint density at radius 1 is 1.12 bits per heavy atom. The van der Waals surface area contributed by atoms with Crippen LogP contribution in [0.3, 0.4) is 0 Å². The van der Waals surface area contributed by atoms with Crippen LogP contribution in [0.15, 0.2) is 53.4 Å². The van der Waals surface area contributed by atoms with Crippen molar-refractivity contribution in [2.75, 3.05) is 0 Å². The van der Waals surface area contributed by atoms with Crippen molar-refractivity contribution in [2.24, 2.45) is 0 Å². The van der Waals surface area contributed by atoms with Gasteiger partial charge >= 0.3 is 0 Å². The molecule has 0 saturated heterocycles. The highest BCUT2D eigenvalue weighted by Crippen LogP contribution is 2.26. The average molecular weight is 263 g/mol. The number of rotatable bonds is 4. The van der Waals surface area contributed by atoms with Crippen molar-refractivity contribution >= 4 is 29.6 Å². The van der Waals surface area contributed by atoms with Crippen molar-refractivity contribution in [3.8, 4) is 0 Å². The first-order chi connectivity index (χ1) is 8.29. The van der Waals surface area contributed by atoms with E-state index in [0.717, 1.165) is 33.1 Å². The van der Waals surface area contributed by atoms with E-state index in [0.29, 0.717) is 0 Å². The fourth-order valence-corrected chi connectivity index (χ4v) is 2.67. The maximum atomic E-state index is 10.9. The predicted molar refractivity (Wildman–Crippen MR) is 72.8 cm³/mol. The standard InChI is InChI=1S/C14H11ClOS/c15-13-6-3-4-11(8-13)10-17-14-7-2-1-5-12(14)9-16/h1-9H,10H2. The summed E-state index contributed by atoms with van der Waals surface area (Å²) in [6, 6.07) is 15.4. The molecule has 0 aromatic heterocycles. The van der Waals surface area contributed by atoms with Crippen molar-refractivity contribution in [1.82, 2.24) is 0 Å². The molecule has 17 heavy (non-hydrogen) atoms. The summed E-state index contributed by atoms with van der Waals surface area (Å²) in [6.45, 7) is 0. The third-order valence-electron chi connectivity index (χ3n) is 2.33. The van der Waals surface area contributed by atoms with Gasteiger partial charge in [-0.1, -0.05) is 41.9 Å². The number of halogens is 1. The lowest BCUT2D eigenvalue weighted by Gasteiger charge is -2.04. The Bertz CT molecular complexity index is 525. The van der Waals surface area contributed by atoms with Crippen molar-refractivity contribution in [1.29, 1.82) is 0 Å². The third kappa shape index (κ3) is 3.35. The van der Waals surface area contributed by atoms with E-state index in [2.05, 4.69) is 0 Å². The normalized spacial score (nSPS) is 10.2. The molecule has 0 saturated carbocycles. The Morgan fingerprint density at radius 3 is 2.71 bits per heavy atom. The van der Waals surface area contributed by atoms with Crippen LogP contribution in [0.1, 0.15) is 15.9 Å². The van der Waals surface area contributed by atoms with Gasteiger partial charge in [0.25, 0.3) is 0 Å². The fourth-order valence-electron chi connectivity index (χ4n) is 1.50. The lowest BCUT2D eigenvalue weighted by molar-refractivity contribution is 0.112. The van der Waals surface area contributed by atoms with Gasteiger partial charge in [0.2, 0.25) is 0 Å². The Morgan fingerprint density at radius 2 is 1.94 bits per heavy atom. The fraction of sp³-hybridized carbons (Fsp3) is 0.0714. The van der Waals surface area contributed by atoms with Gasteiger partial charge in [-0.25, -0.2) is 0 Å². The number of hydrogen-bond acceptors (Lipinski definition) is 2. The molecule has 2 aromatic rings. The Labute approximate surface area is 110 Å². The molecule has 0 fully saturated rings. The van der Waals surface area contributed by atoms with Crippen molar-refractivity contribution in [2.45, 2.75) is 10.6 Å². The number of benzene rings is 2. The van der Waals surface area contributed by atoms with Crippen LogP contribution in [-0.2, 0) is 5.75 Å². The lowest BCUT2D eigenvalue weighted by Crippen LogP contribution is -1.86. The second-order valence-electron chi connectivity index (χ2n) is 3.57. The van der Waals surface area contributed by atoms with Gasteiger partial charge in [-0.2, -0.15) is 0 Å². The molecule has 0 aliphatic rings. The van der Waals surface area contributed by atoms with Gasteiger partial charge in [-0.3, -0.25) is 4.79 Å². The summed E-state index contributed by atoms with van der Waals surface area (Å²) in [5.74, 6) is 0.811. The molecule has 86 valence electrons. The summed E-state index contributed by atoms with van der Waals surface area (Å²) in [7, 11) is 0. The Hall–Kier alpha value is -1.25. The molecule has 0 aliphatic carbocycles. The van der Waals surface area contributed by atoms with E-state index in [9.17, 15) is 4.79 Å². The molecule has 0 spiro atoms. The van der Waals surface area contributed by atoms with E-state index in [-0.39, 0.29) is 0 Å². The predicted octanol–water partition coefficient (Wildman–Crippen LogP) is 4.44. The molecule has 0 radical (unpaired) electrons. The van der Waals surface area contributed by atoms with Crippen LogP contribution < -0.4 is 0 Å². The number of carbonyl (C=O) groups excluding carboxylic acids is 1. The third-order valence-corrected chi connectivity index (χ3v) is 3.72. The topological polar surface area (TPSA) is 17.1 Å². The zero-order valence-corrected chi connectivity index (χ0v) is 10.7. The van der Waals surface area contributed by atoms with E-state index in [1.165, 1.54) is 0 Å².